The molecule has 1 atom stereocenters. The Morgan fingerprint density at radius 2 is 2.15 bits per heavy atom. The lowest BCUT2D eigenvalue weighted by Gasteiger charge is -2.33. The number of thiophene rings is 1. The molecule has 1 aromatic heterocycles. The highest BCUT2D eigenvalue weighted by Crippen LogP contribution is 2.24. The molecule has 1 aliphatic rings. The van der Waals surface area contributed by atoms with Crippen LogP contribution >= 0.6 is 11.3 Å². The number of hydrogen-bond donors (Lipinski definition) is 0. The molecule has 0 aliphatic carbocycles. The van der Waals surface area contributed by atoms with Gasteiger partial charge in [0.25, 0.3) is 0 Å². The van der Waals surface area contributed by atoms with Crippen molar-refractivity contribution in [2.45, 2.75) is 39.2 Å². The monoisotopic (exact) mass is 295 g/mol. The number of piperidine rings is 1. The third kappa shape index (κ3) is 3.82. The Bertz CT molecular complexity index is 476. The highest BCUT2D eigenvalue weighted by atomic mass is 32.1. The van der Waals surface area contributed by atoms with Crippen molar-refractivity contribution in [1.82, 2.24) is 4.90 Å². The van der Waals surface area contributed by atoms with Gasteiger partial charge >= 0.3 is 6.09 Å². The van der Waals surface area contributed by atoms with E-state index in [2.05, 4.69) is 0 Å². The molecule has 0 saturated carbocycles. The summed E-state index contributed by atoms with van der Waals surface area (Å²) in [4.78, 5) is 26.8. The van der Waals surface area contributed by atoms with Crippen LogP contribution in [0.1, 0.15) is 43.3 Å². The molecule has 110 valence electrons. The fourth-order valence-electron chi connectivity index (χ4n) is 2.30. The second-order valence-corrected chi connectivity index (χ2v) is 7.05. The lowest BCUT2D eigenvalue weighted by Crippen LogP contribution is -2.44. The lowest BCUT2D eigenvalue weighted by atomic mass is 9.93. The number of Topliss-reactive ketones (excluding diaryl/α,β-unsaturated/α-hetero) is 1. The van der Waals surface area contributed by atoms with Gasteiger partial charge in [0, 0.05) is 19.0 Å². The van der Waals surface area contributed by atoms with E-state index >= 15 is 0 Å². The number of rotatable bonds is 2. The number of carbonyl (C=O) groups is 2. The Hall–Kier alpha value is -1.36. The summed E-state index contributed by atoms with van der Waals surface area (Å²) in [5.74, 6) is 0.0446. The zero-order valence-electron chi connectivity index (χ0n) is 12.2. The summed E-state index contributed by atoms with van der Waals surface area (Å²) in [7, 11) is 0. The van der Waals surface area contributed by atoms with Crippen LogP contribution in [0.5, 0.6) is 0 Å². The van der Waals surface area contributed by atoms with E-state index < -0.39 is 5.60 Å². The van der Waals surface area contributed by atoms with E-state index in [-0.39, 0.29) is 17.8 Å². The smallest absolute Gasteiger partial charge is 0.410 e. The van der Waals surface area contributed by atoms with E-state index in [9.17, 15) is 9.59 Å². The van der Waals surface area contributed by atoms with Gasteiger partial charge in [-0.2, -0.15) is 0 Å². The Balaban J connectivity index is 1.98. The molecule has 1 fully saturated rings. The van der Waals surface area contributed by atoms with Gasteiger partial charge in [-0.15, -0.1) is 11.3 Å². The van der Waals surface area contributed by atoms with Gasteiger partial charge in [-0.3, -0.25) is 4.79 Å². The van der Waals surface area contributed by atoms with Gasteiger partial charge in [-0.25, -0.2) is 4.79 Å². The minimum absolute atomic E-state index is 0.102. The Morgan fingerprint density at radius 1 is 1.40 bits per heavy atom. The maximum absolute atomic E-state index is 12.3. The summed E-state index contributed by atoms with van der Waals surface area (Å²) >= 11 is 1.46. The van der Waals surface area contributed by atoms with Gasteiger partial charge in [0.15, 0.2) is 5.78 Å². The average molecular weight is 295 g/mol. The van der Waals surface area contributed by atoms with Gasteiger partial charge in [0.05, 0.1) is 4.88 Å². The highest BCUT2D eigenvalue weighted by molar-refractivity contribution is 7.12. The molecule has 0 N–H and O–H groups in total. The van der Waals surface area contributed by atoms with Crippen molar-refractivity contribution in [1.29, 1.82) is 0 Å². The summed E-state index contributed by atoms with van der Waals surface area (Å²) < 4.78 is 5.37. The molecule has 4 nitrogen and oxygen atoms in total. The molecule has 1 saturated heterocycles. The van der Waals surface area contributed by atoms with Crippen molar-refractivity contribution in [3.8, 4) is 0 Å². The maximum Gasteiger partial charge on any atom is 0.410 e. The predicted octanol–water partition coefficient (Wildman–Crippen LogP) is 3.58. The Morgan fingerprint density at radius 3 is 2.75 bits per heavy atom. The first kappa shape index (κ1) is 15.0. The number of hydrogen-bond acceptors (Lipinski definition) is 4. The minimum Gasteiger partial charge on any atom is -0.444 e. The first-order valence-corrected chi connectivity index (χ1v) is 7.80. The molecule has 0 radical (unpaired) electrons. The van der Waals surface area contributed by atoms with Crippen LogP contribution in [0.4, 0.5) is 4.79 Å². The second kappa shape index (κ2) is 5.95. The van der Waals surface area contributed by atoms with E-state index in [0.29, 0.717) is 13.1 Å². The molecule has 2 rings (SSSR count). The number of ketones is 1. The third-order valence-corrected chi connectivity index (χ3v) is 4.09. The summed E-state index contributed by atoms with van der Waals surface area (Å²) in [5.41, 5.74) is -0.498. The van der Waals surface area contributed by atoms with Gasteiger partial charge in [0.2, 0.25) is 0 Å². The molecular weight excluding hydrogens is 274 g/mol. The van der Waals surface area contributed by atoms with E-state index in [1.807, 2.05) is 38.3 Å². The molecule has 0 bridgehead atoms. The topological polar surface area (TPSA) is 46.6 Å². The van der Waals surface area contributed by atoms with Gasteiger partial charge in [-0.1, -0.05) is 6.07 Å². The summed E-state index contributed by atoms with van der Waals surface area (Å²) in [6, 6.07) is 3.73. The van der Waals surface area contributed by atoms with Crippen LogP contribution in [-0.4, -0.2) is 35.5 Å². The van der Waals surface area contributed by atoms with Crippen LogP contribution in [-0.2, 0) is 4.74 Å². The SMILES string of the molecule is CC(C)(C)OC(=O)N1CCC[C@H](C(=O)c2cccs2)C1. The maximum atomic E-state index is 12.3. The van der Waals surface area contributed by atoms with Crippen molar-refractivity contribution >= 4 is 23.2 Å². The van der Waals surface area contributed by atoms with Crippen molar-refractivity contribution in [3.05, 3.63) is 22.4 Å². The quantitative estimate of drug-likeness (QED) is 0.783. The minimum atomic E-state index is -0.498. The predicted molar refractivity (Wildman–Crippen MR) is 79.2 cm³/mol. The first-order chi connectivity index (χ1) is 9.37. The lowest BCUT2D eigenvalue weighted by molar-refractivity contribution is 0.0172. The van der Waals surface area contributed by atoms with E-state index in [1.54, 1.807) is 4.90 Å². The summed E-state index contributed by atoms with van der Waals surface area (Å²) in [5, 5.41) is 1.90. The number of ether oxygens (including phenoxy) is 1. The molecule has 20 heavy (non-hydrogen) atoms. The van der Waals surface area contributed by atoms with E-state index in [4.69, 9.17) is 4.74 Å². The molecule has 2 heterocycles. The molecule has 1 amide bonds. The molecule has 0 spiro atoms. The van der Waals surface area contributed by atoms with Crippen LogP contribution < -0.4 is 0 Å². The normalized spacial score (nSPS) is 19.8. The van der Waals surface area contributed by atoms with E-state index in [1.165, 1.54) is 11.3 Å². The van der Waals surface area contributed by atoms with Gasteiger partial charge in [-0.05, 0) is 45.1 Å². The average Bonchev–Trinajstić information content (AvgIpc) is 2.90. The summed E-state index contributed by atoms with van der Waals surface area (Å²) in [6.45, 7) is 6.68. The van der Waals surface area contributed by atoms with Crippen LogP contribution in [0.25, 0.3) is 0 Å². The van der Waals surface area contributed by atoms with Crippen LogP contribution in [0.2, 0.25) is 0 Å². The highest BCUT2D eigenvalue weighted by Gasteiger charge is 2.31. The fraction of sp³-hybridized carbons (Fsp3) is 0.600. The molecule has 1 aliphatic heterocycles. The molecular formula is C15H21NO3S. The van der Waals surface area contributed by atoms with Gasteiger partial charge in [0.1, 0.15) is 5.60 Å². The zero-order valence-corrected chi connectivity index (χ0v) is 13.0. The van der Waals surface area contributed by atoms with Crippen molar-refractivity contribution < 1.29 is 14.3 Å². The summed E-state index contributed by atoms with van der Waals surface area (Å²) in [6.07, 6.45) is 1.37. The zero-order chi connectivity index (χ0) is 14.8. The number of nitrogens with zero attached hydrogens (tertiary/aromatic N) is 1. The Kier molecular flexibility index (Phi) is 4.48. The van der Waals surface area contributed by atoms with Crippen molar-refractivity contribution in [2.24, 2.45) is 5.92 Å². The van der Waals surface area contributed by atoms with Crippen molar-refractivity contribution in [3.63, 3.8) is 0 Å². The molecule has 0 aromatic carbocycles. The standard InChI is InChI=1S/C15H21NO3S/c1-15(2,3)19-14(18)16-8-4-6-11(10-16)13(17)12-7-5-9-20-12/h5,7,9,11H,4,6,8,10H2,1-3H3/t11-/m0/s1. The number of carbonyl (C=O) groups excluding carboxylic acids is 2. The molecule has 5 heteroatoms. The van der Waals surface area contributed by atoms with Crippen LogP contribution in [0.3, 0.4) is 0 Å². The van der Waals surface area contributed by atoms with Crippen LogP contribution in [0, 0.1) is 5.92 Å². The van der Waals surface area contributed by atoms with Crippen LogP contribution in [0.15, 0.2) is 17.5 Å². The second-order valence-electron chi connectivity index (χ2n) is 6.11. The number of likely N-dealkylation sites (tertiary alicyclic amines) is 1. The van der Waals surface area contributed by atoms with E-state index in [0.717, 1.165) is 17.7 Å². The Labute approximate surface area is 123 Å². The largest absolute Gasteiger partial charge is 0.444 e. The van der Waals surface area contributed by atoms with Crippen molar-refractivity contribution in [2.75, 3.05) is 13.1 Å². The first-order valence-electron chi connectivity index (χ1n) is 6.92. The van der Waals surface area contributed by atoms with Gasteiger partial charge < -0.3 is 9.64 Å². The fourth-order valence-corrected chi connectivity index (χ4v) is 3.05. The number of amides is 1. The third-order valence-electron chi connectivity index (χ3n) is 3.21. The molecule has 1 aromatic rings. The molecule has 0 unspecified atom stereocenters.